The Kier molecular flexibility index (Phi) is 8.43. The molecule has 0 radical (unpaired) electrons. The van der Waals surface area contributed by atoms with E-state index in [0.717, 1.165) is 30.9 Å². The van der Waals surface area contributed by atoms with Crippen molar-refractivity contribution in [3.8, 4) is 0 Å². The number of nitrogens with zero attached hydrogens (tertiary/aromatic N) is 2. The van der Waals surface area contributed by atoms with Crippen LogP contribution >= 0.6 is 11.3 Å². The third-order valence-corrected chi connectivity index (χ3v) is 8.24. The normalized spacial score (nSPS) is 20.8. The standard InChI is InChI=1S/C28H39N3O2S/c1-22(2)20-25-26(32)31(21-24-13-9-19-34-24)28(27(33)29-25)14-17-30(18-15-28)16-8-4-7-12-23-10-5-3-6-11-23/h3,5-6,9-11,13,19,22,25H,4,7-8,12,14-18,20-21H2,1-2H3,(H,29,33)/t25-/m0/s1. The molecule has 34 heavy (non-hydrogen) atoms. The quantitative estimate of drug-likeness (QED) is 0.493. The van der Waals surface area contributed by atoms with Crippen LogP contribution in [0.4, 0.5) is 0 Å². The van der Waals surface area contributed by atoms with Crippen LogP contribution in [0.1, 0.15) is 62.8 Å². The maximum Gasteiger partial charge on any atom is 0.246 e. The fraction of sp³-hybridized carbons (Fsp3) is 0.571. The summed E-state index contributed by atoms with van der Waals surface area (Å²) in [4.78, 5) is 32.6. The molecule has 1 atom stereocenters. The van der Waals surface area contributed by atoms with Crippen molar-refractivity contribution in [1.29, 1.82) is 0 Å². The Balaban J connectivity index is 1.33. The van der Waals surface area contributed by atoms with Gasteiger partial charge in [0.25, 0.3) is 0 Å². The number of carbonyl (C=O) groups excluding carboxylic acids is 2. The Morgan fingerprint density at radius 1 is 1.03 bits per heavy atom. The number of aryl methyl sites for hydroxylation is 1. The average Bonchev–Trinajstić information content (AvgIpc) is 3.35. The molecule has 6 heteroatoms. The van der Waals surface area contributed by atoms with Gasteiger partial charge < -0.3 is 15.1 Å². The number of carbonyl (C=O) groups is 2. The van der Waals surface area contributed by atoms with E-state index in [1.807, 2.05) is 16.3 Å². The molecule has 1 spiro atoms. The van der Waals surface area contributed by atoms with E-state index in [9.17, 15) is 9.59 Å². The number of piperidine rings is 1. The minimum absolute atomic E-state index is 0.0526. The molecule has 0 aliphatic carbocycles. The molecule has 2 aliphatic rings. The Hall–Kier alpha value is -2.18. The van der Waals surface area contributed by atoms with E-state index in [1.54, 1.807) is 11.3 Å². The number of piperazine rings is 1. The fourth-order valence-electron chi connectivity index (χ4n) is 5.42. The number of hydrogen-bond acceptors (Lipinski definition) is 4. The summed E-state index contributed by atoms with van der Waals surface area (Å²) in [5.41, 5.74) is 0.704. The average molecular weight is 482 g/mol. The lowest BCUT2D eigenvalue weighted by Crippen LogP contribution is -2.72. The second-order valence-corrected chi connectivity index (χ2v) is 11.4. The van der Waals surface area contributed by atoms with Crippen LogP contribution in [0.2, 0.25) is 0 Å². The van der Waals surface area contributed by atoms with Gasteiger partial charge >= 0.3 is 0 Å². The predicted octanol–water partition coefficient (Wildman–Crippen LogP) is 4.87. The van der Waals surface area contributed by atoms with E-state index in [0.29, 0.717) is 31.7 Å². The lowest BCUT2D eigenvalue weighted by molar-refractivity contribution is -0.162. The van der Waals surface area contributed by atoms with Gasteiger partial charge in [-0.2, -0.15) is 0 Å². The topological polar surface area (TPSA) is 52.7 Å². The fourth-order valence-corrected chi connectivity index (χ4v) is 6.12. The number of benzene rings is 1. The molecule has 2 amide bonds. The van der Waals surface area contributed by atoms with E-state index < -0.39 is 11.6 Å². The molecule has 0 saturated carbocycles. The molecule has 2 aliphatic heterocycles. The van der Waals surface area contributed by atoms with Crippen LogP contribution in [0, 0.1) is 5.92 Å². The van der Waals surface area contributed by atoms with Gasteiger partial charge in [0.15, 0.2) is 0 Å². The zero-order chi connectivity index (χ0) is 24.0. The van der Waals surface area contributed by atoms with Crippen molar-refractivity contribution in [1.82, 2.24) is 15.1 Å². The highest BCUT2D eigenvalue weighted by atomic mass is 32.1. The monoisotopic (exact) mass is 481 g/mol. The lowest BCUT2D eigenvalue weighted by atomic mass is 9.81. The van der Waals surface area contributed by atoms with Crippen molar-refractivity contribution in [2.45, 2.75) is 76.9 Å². The van der Waals surface area contributed by atoms with Crippen LogP contribution in [-0.2, 0) is 22.6 Å². The number of likely N-dealkylation sites (tertiary alicyclic amines) is 1. The predicted molar refractivity (Wildman–Crippen MR) is 139 cm³/mol. The Morgan fingerprint density at radius 2 is 1.79 bits per heavy atom. The molecule has 3 heterocycles. The van der Waals surface area contributed by atoms with Gasteiger partial charge in [0, 0.05) is 18.0 Å². The molecule has 1 N–H and O–H groups in total. The number of amides is 2. The van der Waals surface area contributed by atoms with Crippen molar-refractivity contribution in [3.63, 3.8) is 0 Å². The number of hydrogen-bond donors (Lipinski definition) is 1. The first-order chi connectivity index (χ1) is 16.5. The molecule has 2 saturated heterocycles. The van der Waals surface area contributed by atoms with Crippen LogP contribution in [0.15, 0.2) is 47.8 Å². The summed E-state index contributed by atoms with van der Waals surface area (Å²) in [5, 5.41) is 5.16. The van der Waals surface area contributed by atoms with Crippen molar-refractivity contribution in [2.75, 3.05) is 19.6 Å². The molecule has 0 unspecified atom stereocenters. The van der Waals surface area contributed by atoms with E-state index in [1.165, 1.54) is 24.8 Å². The maximum absolute atomic E-state index is 13.6. The van der Waals surface area contributed by atoms with Crippen molar-refractivity contribution >= 4 is 23.2 Å². The van der Waals surface area contributed by atoms with Crippen molar-refractivity contribution in [2.24, 2.45) is 5.92 Å². The largest absolute Gasteiger partial charge is 0.342 e. The zero-order valence-electron chi connectivity index (χ0n) is 20.7. The summed E-state index contributed by atoms with van der Waals surface area (Å²) >= 11 is 1.66. The number of unbranched alkanes of at least 4 members (excludes halogenated alkanes) is 2. The van der Waals surface area contributed by atoms with E-state index in [4.69, 9.17) is 0 Å². The first-order valence-corrected chi connectivity index (χ1v) is 13.8. The smallest absolute Gasteiger partial charge is 0.246 e. The lowest BCUT2D eigenvalue weighted by Gasteiger charge is -2.51. The van der Waals surface area contributed by atoms with E-state index in [-0.39, 0.29) is 11.8 Å². The molecule has 2 aromatic rings. The van der Waals surface area contributed by atoms with Gasteiger partial charge in [-0.1, -0.05) is 56.7 Å². The van der Waals surface area contributed by atoms with Gasteiger partial charge in [0.1, 0.15) is 11.6 Å². The number of nitrogens with one attached hydrogen (secondary N) is 1. The van der Waals surface area contributed by atoms with Gasteiger partial charge in [-0.25, -0.2) is 0 Å². The van der Waals surface area contributed by atoms with Gasteiger partial charge in [-0.15, -0.1) is 11.3 Å². The summed E-state index contributed by atoms with van der Waals surface area (Å²) in [7, 11) is 0. The van der Waals surface area contributed by atoms with Crippen LogP contribution < -0.4 is 5.32 Å². The number of thiophene rings is 1. The molecule has 184 valence electrons. The first kappa shape index (κ1) is 24.9. The first-order valence-electron chi connectivity index (χ1n) is 12.9. The van der Waals surface area contributed by atoms with Gasteiger partial charge in [0.2, 0.25) is 11.8 Å². The van der Waals surface area contributed by atoms with Crippen LogP contribution in [0.25, 0.3) is 0 Å². The van der Waals surface area contributed by atoms with Gasteiger partial charge in [0.05, 0.1) is 6.54 Å². The summed E-state index contributed by atoms with van der Waals surface area (Å²) in [5.74, 6) is 0.503. The Bertz CT molecular complexity index is 920. The van der Waals surface area contributed by atoms with Crippen molar-refractivity contribution in [3.05, 3.63) is 58.3 Å². The molecular weight excluding hydrogens is 442 g/mol. The number of rotatable bonds is 10. The van der Waals surface area contributed by atoms with Crippen LogP contribution in [0.5, 0.6) is 0 Å². The summed E-state index contributed by atoms with van der Waals surface area (Å²) < 4.78 is 0. The van der Waals surface area contributed by atoms with E-state index in [2.05, 4.69) is 60.5 Å². The highest BCUT2D eigenvalue weighted by Gasteiger charge is 2.53. The molecule has 1 aromatic carbocycles. The third-order valence-electron chi connectivity index (χ3n) is 7.38. The van der Waals surface area contributed by atoms with Crippen LogP contribution in [-0.4, -0.2) is 52.8 Å². The SMILES string of the molecule is CC(C)C[C@@H]1NC(=O)C2(CCN(CCCCCc3ccccc3)CC2)N(Cc2cccs2)C1=O. The summed E-state index contributed by atoms with van der Waals surface area (Å²) in [6.45, 7) is 7.56. The maximum atomic E-state index is 13.6. The van der Waals surface area contributed by atoms with E-state index >= 15 is 0 Å². The molecular formula is C28H39N3O2S. The zero-order valence-corrected chi connectivity index (χ0v) is 21.5. The minimum Gasteiger partial charge on any atom is -0.342 e. The highest BCUT2D eigenvalue weighted by molar-refractivity contribution is 7.09. The molecule has 1 aromatic heterocycles. The summed E-state index contributed by atoms with van der Waals surface area (Å²) in [6, 6.07) is 14.4. The van der Waals surface area contributed by atoms with Gasteiger partial charge in [-0.3, -0.25) is 9.59 Å². The minimum atomic E-state index is -0.710. The van der Waals surface area contributed by atoms with Crippen molar-refractivity contribution < 1.29 is 9.59 Å². The molecule has 5 nitrogen and oxygen atoms in total. The Morgan fingerprint density at radius 3 is 2.47 bits per heavy atom. The summed E-state index contributed by atoms with van der Waals surface area (Å²) in [6.07, 6.45) is 6.88. The van der Waals surface area contributed by atoms with Gasteiger partial charge in [-0.05, 0) is 68.0 Å². The second-order valence-electron chi connectivity index (χ2n) is 10.3. The molecule has 2 fully saturated rings. The van der Waals surface area contributed by atoms with Crippen LogP contribution in [0.3, 0.4) is 0 Å². The third kappa shape index (κ3) is 5.89. The highest BCUT2D eigenvalue weighted by Crippen LogP contribution is 2.35. The second kappa shape index (κ2) is 11.5. The Labute approximate surface area is 208 Å². The molecule has 4 rings (SSSR count). The molecule has 0 bridgehead atoms.